The van der Waals surface area contributed by atoms with E-state index in [1.807, 2.05) is 36.4 Å². The first-order valence-corrected chi connectivity index (χ1v) is 10.6. The molecule has 0 saturated carbocycles. The summed E-state index contributed by atoms with van der Waals surface area (Å²) in [6.07, 6.45) is 4.51. The van der Waals surface area contributed by atoms with Crippen LogP contribution in [0.1, 0.15) is 54.6 Å². The van der Waals surface area contributed by atoms with Crippen LogP contribution in [0, 0.1) is 0 Å². The Morgan fingerprint density at radius 3 is 2.55 bits per heavy atom. The molecule has 5 heteroatoms. The number of hydrogen-bond acceptors (Lipinski definition) is 4. The highest BCUT2D eigenvalue weighted by molar-refractivity contribution is 5.94. The third-order valence-electron chi connectivity index (χ3n) is 5.40. The normalized spacial score (nSPS) is 15.1. The molecule has 1 aliphatic rings. The second-order valence-electron chi connectivity index (χ2n) is 7.47. The number of nitrogens with one attached hydrogen (secondary N) is 1. The molecule has 1 N–H and O–H groups in total. The molecule has 2 aromatic carbocycles. The number of rotatable bonds is 10. The van der Waals surface area contributed by atoms with Gasteiger partial charge in [-0.15, -0.1) is 0 Å². The standard InChI is InChI=1S/C24H32N2O3/c1-3-4-16-29-22-9-7-8-20(17-22)24(27)25-18-23(26-14-5-6-15-26)19-10-12-21(28-2)13-11-19/h7-13,17,23H,3-6,14-16,18H2,1-2H3,(H,25,27). The lowest BCUT2D eigenvalue weighted by Crippen LogP contribution is -2.36. The molecule has 0 aliphatic carbocycles. The van der Waals surface area contributed by atoms with Gasteiger partial charge in [-0.05, 0) is 68.2 Å². The third kappa shape index (κ3) is 5.97. The average molecular weight is 397 g/mol. The van der Waals surface area contributed by atoms with E-state index >= 15 is 0 Å². The van der Waals surface area contributed by atoms with E-state index in [1.54, 1.807) is 7.11 Å². The molecular weight excluding hydrogens is 364 g/mol. The molecular formula is C24H32N2O3. The van der Waals surface area contributed by atoms with Crippen LogP contribution in [0.25, 0.3) is 0 Å². The number of methoxy groups -OCH3 is 1. The topological polar surface area (TPSA) is 50.8 Å². The Hall–Kier alpha value is -2.53. The lowest BCUT2D eigenvalue weighted by atomic mass is 10.0. The number of unbranched alkanes of at least 4 members (excludes halogenated alkanes) is 1. The summed E-state index contributed by atoms with van der Waals surface area (Å²) in [5, 5.41) is 3.13. The second-order valence-corrected chi connectivity index (χ2v) is 7.47. The van der Waals surface area contributed by atoms with E-state index in [0.29, 0.717) is 18.7 Å². The largest absolute Gasteiger partial charge is 0.497 e. The molecule has 0 aromatic heterocycles. The van der Waals surface area contributed by atoms with Gasteiger partial charge in [0.2, 0.25) is 0 Å². The monoisotopic (exact) mass is 396 g/mol. The number of amides is 1. The molecule has 1 fully saturated rings. The van der Waals surface area contributed by atoms with Crippen molar-refractivity contribution in [3.05, 3.63) is 59.7 Å². The fourth-order valence-electron chi connectivity index (χ4n) is 3.69. The van der Waals surface area contributed by atoms with Crippen LogP contribution in [0.15, 0.2) is 48.5 Å². The number of ether oxygens (including phenoxy) is 2. The molecule has 1 heterocycles. The van der Waals surface area contributed by atoms with Gasteiger partial charge >= 0.3 is 0 Å². The number of carbonyl (C=O) groups excluding carboxylic acids is 1. The number of hydrogen-bond donors (Lipinski definition) is 1. The van der Waals surface area contributed by atoms with Gasteiger partial charge in [0.05, 0.1) is 19.8 Å². The number of likely N-dealkylation sites (tertiary alicyclic amines) is 1. The molecule has 3 rings (SSSR count). The fraction of sp³-hybridized carbons (Fsp3) is 0.458. The van der Waals surface area contributed by atoms with Crippen molar-refractivity contribution in [1.29, 1.82) is 0 Å². The van der Waals surface area contributed by atoms with E-state index in [9.17, 15) is 4.79 Å². The van der Waals surface area contributed by atoms with Gasteiger partial charge in [0.15, 0.2) is 0 Å². The van der Waals surface area contributed by atoms with E-state index in [1.165, 1.54) is 18.4 Å². The Kier molecular flexibility index (Phi) is 7.94. The summed E-state index contributed by atoms with van der Waals surface area (Å²) < 4.78 is 11.0. The molecule has 156 valence electrons. The molecule has 1 unspecified atom stereocenters. The zero-order valence-corrected chi connectivity index (χ0v) is 17.5. The Morgan fingerprint density at radius 1 is 1.10 bits per heavy atom. The summed E-state index contributed by atoms with van der Waals surface area (Å²) in [6, 6.07) is 15.7. The van der Waals surface area contributed by atoms with E-state index in [4.69, 9.17) is 9.47 Å². The maximum Gasteiger partial charge on any atom is 0.251 e. The molecule has 0 bridgehead atoms. The van der Waals surface area contributed by atoms with E-state index in [2.05, 4.69) is 29.3 Å². The molecule has 0 radical (unpaired) electrons. The summed E-state index contributed by atoms with van der Waals surface area (Å²) >= 11 is 0. The highest BCUT2D eigenvalue weighted by atomic mass is 16.5. The fourth-order valence-corrected chi connectivity index (χ4v) is 3.69. The van der Waals surface area contributed by atoms with Crippen LogP contribution in [0.5, 0.6) is 11.5 Å². The van der Waals surface area contributed by atoms with Crippen LogP contribution in [0.2, 0.25) is 0 Å². The van der Waals surface area contributed by atoms with Crippen molar-refractivity contribution >= 4 is 5.91 Å². The molecule has 29 heavy (non-hydrogen) atoms. The first-order valence-electron chi connectivity index (χ1n) is 10.6. The van der Waals surface area contributed by atoms with Crippen molar-refractivity contribution in [2.45, 2.75) is 38.6 Å². The maximum atomic E-state index is 12.8. The van der Waals surface area contributed by atoms with E-state index in [-0.39, 0.29) is 11.9 Å². The summed E-state index contributed by atoms with van der Waals surface area (Å²) in [6.45, 7) is 5.51. The molecule has 1 atom stereocenters. The highest BCUT2D eigenvalue weighted by Crippen LogP contribution is 2.26. The molecule has 5 nitrogen and oxygen atoms in total. The average Bonchev–Trinajstić information content (AvgIpc) is 3.29. The van der Waals surface area contributed by atoms with Crippen LogP contribution in [0.3, 0.4) is 0 Å². The molecule has 1 saturated heterocycles. The van der Waals surface area contributed by atoms with E-state index in [0.717, 1.165) is 37.4 Å². The maximum absolute atomic E-state index is 12.8. The zero-order valence-electron chi connectivity index (χ0n) is 17.5. The molecule has 1 amide bonds. The van der Waals surface area contributed by atoms with Gasteiger partial charge < -0.3 is 14.8 Å². The van der Waals surface area contributed by atoms with Gasteiger partial charge in [-0.2, -0.15) is 0 Å². The minimum absolute atomic E-state index is 0.0661. The van der Waals surface area contributed by atoms with Crippen molar-refractivity contribution in [3.8, 4) is 11.5 Å². The highest BCUT2D eigenvalue weighted by Gasteiger charge is 2.24. The number of nitrogens with zero attached hydrogens (tertiary/aromatic N) is 1. The zero-order chi connectivity index (χ0) is 20.5. The molecule has 2 aromatic rings. The summed E-state index contributed by atoms with van der Waals surface area (Å²) in [7, 11) is 1.67. The lowest BCUT2D eigenvalue weighted by molar-refractivity contribution is 0.0937. The van der Waals surface area contributed by atoms with Gasteiger partial charge in [-0.25, -0.2) is 0 Å². The van der Waals surface area contributed by atoms with E-state index < -0.39 is 0 Å². The van der Waals surface area contributed by atoms with Crippen LogP contribution in [-0.2, 0) is 0 Å². The molecule has 1 aliphatic heterocycles. The SMILES string of the molecule is CCCCOc1cccc(C(=O)NCC(c2ccc(OC)cc2)N2CCCC2)c1. The van der Waals surface area contributed by atoms with Crippen molar-refractivity contribution in [2.24, 2.45) is 0 Å². The predicted octanol–water partition coefficient (Wildman–Crippen LogP) is 4.44. The summed E-state index contributed by atoms with van der Waals surface area (Å²) in [4.78, 5) is 15.2. The second kappa shape index (κ2) is 10.9. The molecule has 0 spiro atoms. The van der Waals surface area contributed by atoms with Crippen LogP contribution < -0.4 is 14.8 Å². The van der Waals surface area contributed by atoms with Crippen LogP contribution in [-0.4, -0.2) is 44.2 Å². The van der Waals surface area contributed by atoms with Crippen molar-refractivity contribution < 1.29 is 14.3 Å². The van der Waals surface area contributed by atoms with Crippen molar-refractivity contribution in [2.75, 3.05) is 33.4 Å². The van der Waals surface area contributed by atoms with Crippen molar-refractivity contribution in [1.82, 2.24) is 10.2 Å². The number of carbonyl (C=O) groups is 1. The Morgan fingerprint density at radius 2 is 1.86 bits per heavy atom. The van der Waals surface area contributed by atoms with Crippen LogP contribution in [0.4, 0.5) is 0 Å². The smallest absolute Gasteiger partial charge is 0.251 e. The summed E-state index contributed by atoms with van der Waals surface area (Å²) in [5.74, 6) is 1.53. The summed E-state index contributed by atoms with van der Waals surface area (Å²) in [5.41, 5.74) is 1.83. The van der Waals surface area contributed by atoms with Gasteiger partial charge in [0.1, 0.15) is 11.5 Å². The quantitative estimate of drug-likeness (QED) is 0.603. The Labute approximate surface area is 174 Å². The number of benzene rings is 2. The Bertz CT molecular complexity index is 770. The van der Waals surface area contributed by atoms with Crippen LogP contribution >= 0.6 is 0 Å². The van der Waals surface area contributed by atoms with Crippen molar-refractivity contribution in [3.63, 3.8) is 0 Å². The Balaban J connectivity index is 1.65. The van der Waals surface area contributed by atoms with Gasteiger partial charge in [0.25, 0.3) is 5.91 Å². The predicted molar refractivity (Wildman–Crippen MR) is 116 cm³/mol. The van der Waals surface area contributed by atoms with Gasteiger partial charge in [-0.3, -0.25) is 9.69 Å². The first kappa shape index (κ1) is 21.2. The minimum atomic E-state index is -0.0661. The van der Waals surface area contributed by atoms with Gasteiger partial charge in [-0.1, -0.05) is 31.5 Å². The first-order chi connectivity index (χ1) is 14.2. The minimum Gasteiger partial charge on any atom is -0.497 e. The lowest BCUT2D eigenvalue weighted by Gasteiger charge is -2.28. The third-order valence-corrected chi connectivity index (χ3v) is 5.40. The van der Waals surface area contributed by atoms with Gasteiger partial charge in [0, 0.05) is 12.1 Å².